The Hall–Kier alpha value is -2.87. The lowest BCUT2D eigenvalue weighted by Crippen LogP contribution is -2.37. The number of hydrogen-bond donors (Lipinski definition) is 0. The van der Waals surface area contributed by atoms with Crippen molar-refractivity contribution >= 4 is 39.1 Å². The molecule has 0 saturated carbocycles. The number of esters is 2. The molecule has 0 aliphatic rings. The molecule has 0 spiro atoms. The van der Waals surface area contributed by atoms with Gasteiger partial charge in [-0.2, -0.15) is 0 Å². The van der Waals surface area contributed by atoms with Crippen molar-refractivity contribution in [2.75, 3.05) is 27.4 Å². The third-order valence-electron chi connectivity index (χ3n) is 4.50. The van der Waals surface area contributed by atoms with Crippen LogP contribution in [-0.2, 0) is 19.1 Å². The number of fused-ring (bicyclic) bond motifs is 1. The van der Waals surface area contributed by atoms with Gasteiger partial charge in [0.1, 0.15) is 5.92 Å². The molecular formula is C22H26O7S. The van der Waals surface area contributed by atoms with Gasteiger partial charge in [0.25, 0.3) is 0 Å². The number of allylic oxidation sites excluding steroid dienone is 1. The fourth-order valence-electron chi connectivity index (χ4n) is 3.12. The normalized spacial score (nSPS) is 12.7. The van der Waals surface area contributed by atoms with Gasteiger partial charge in [-0.05, 0) is 37.8 Å². The Bertz CT molecular complexity index is 890. The number of methoxy groups -OCH3 is 2. The summed E-state index contributed by atoms with van der Waals surface area (Å²) in [7, 11) is 3.05. The molecule has 0 radical (unpaired) electrons. The SMILES string of the molecule is C=CCC(C(=O)OCC)C(C(=O)OCC)C(=O)c1cc2cc(OC)c(OC)cc2s1. The highest BCUT2D eigenvalue weighted by Crippen LogP contribution is 2.38. The molecule has 1 aromatic carbocycles. The summed E-state index contributed by atoms with van der Waals surface area (Å²) in [5.74, 6) is -3.15. The Morgan fingerprint density at radius 2 is 1.60 bits per heavy atom. The molecule has 0 fully saturated rings. The quantitative estimate of drug-likeness (QED) is 0.228. The fourth-order valence-corrected chi connectivity index (χ4v) is 4.18. The number of thiophene rings is 1. The summed E-state index contributed by atoms with van der Waals surface area (Å²) in [6, 6.07) is 5.20. The van der Waals surface area contributed by atoms with E-state index in [4.69, 9.17) is 18.9 Å². The molecule has 30 heavy (non-hydrogen) atoms. The van der Waals surface area contributed by atoms with Crippen LogP contribution in [0.2, 0.25) is 0 Å². The van der Waals surface area contributed by atoms with Gasteiger partial charge in [0, 0.05) is 10.8 Å². The minimum Gasteiger partial charge on any atom is -0.493 e. The van der Waals surface area contributed by atoms with Crippen LogP contribution >= 0.6 is 11.3 Å². The maximum absolute atomic E-state index is 13.4. The first-order chi connectivity index (χ1) is 14.4. The van der Waals surface area contributed by atoms with Crippen molar-refractivity contribution in [3.05, 3.63) is 35.7 Å². The zero-order chi connectivity index (χ0) is 22.3. The second-order valence-electron chi connectivity index (χ2n) is 6.33. The van der Waals surface area contributed by atoms with Crippen LogP contribution in [0.4, 0.5) is 0 Å². The van der Waals surface area contributed by atoms with Crippen LogP contribution in [0.15, 0.2) is 30.9 Å². The summed E-state index contributed by atoms with van der Waals surface area (Å²) in [6.07, 6.45) is 1.60. The number of carbonyl (C=O) groups is 3. The van der Waals surface area contributed by atoms with Gasteiger partial charge < -0.3 is 18.9 Å². The van der Waals surface area contributed by atoms with Gasteiger partial charge >= 0.3 is 11.9 Å². The summed E-state index contributed by atoms with van der Waals surface area (Å²) in [4.78, 5) is 38.9. The molecule has 0 bridgehead atoms. The van der Waals surface area contributed by atoms with E-state index in [1.54, 1.807) is 32.0 Å². The lowest BCUT2D eigenvalue weighted by atomic mass is 9.85. The minimum atomic E-state index is -1.32. The van der Waals surface area contributed by atoms with Crippen molar-refractivity contribution < 1.29 is 33.3 Å². The molecule has 162 valence electrons. The van der Waals surface area contributed by atoms with Gasteiger partial charge in [-0.25, -0.2) is 0 Å². The van der Waals surface area contributed by atoms with E-state index in [0.717, 1.165) is 10.1 Å². The predicted molar refractivity (Wildman–Crippen MR) is 114 cm³/mol. The lowest BCUT2D eigenvalue weighted by Gasteiger charge is -2.21. The Morgan fingerprint density at radius 1 is 1.00 bits per heavy atom. The average molecular weight is 435 g/mol. The van der Waals surface area contributed by atoms with Gasteiger partial charge in [0.05, 0.1) is 38.2 Å². The van der Waals surface area contributed by atoms with E-state index in [2.05, 4.69) is 6.58 Å². The molecule has 1 aromatic heterocycles. The maximum Gasteiger partial charge on any atom is 0.317 e. The fraction of sp³-hybridized carbons (Fsp3) is 0.409. The van der Waals surface area contributed by atoms with E-state index < -0.39 is 29.6 Å². The molecule has 0 aliphatic carbocycles. The highest BCUT2D eigenvalue weighted by Gasteiger charge is 2.41. The van der Waals surface area contributed by atoms with Gasteiger partial charge in [-0.1, -0.05) is 6.08 Å². The third kappa shape index (κ3) is 4.99. The Labute approximate surface area is 179 Å². The number of benzene rings is 1. The van der Waals surface area contributed by atoms with E-state index in [-0.39, 0.29) is 19.6 Å². The van der Waals surface area contributed by atoms with Crippen LogP contribution in [0.25, 0.3) is 10.1 Å². The minimum absolute atomic E-state index is 0.0903. The Morgan fingerprint density at radius 3 is 2.17 bits per heavy atom. The second-order valence-corrected chi connectivity index (χ2v) is 7.42. The topological polar surface area (TPSA) is 88.1 Å². The summed E-state index contributed by atoms with van der Waals surface area (Å²) < 4.78 is 21.6. The second kappa shape index (κ2) is 10.8. The van der Waals surface area contributed by atoms with E-state index in [1.807, 2.05) is 0 Å². The summed E-state index contributed by atoms with van der Waals surface area (Å²) >= 11 is 1.21. The van der Waals surface area contributed by atoms with Gasteiger partial charge in [-0.3, -0.25) is 14.4 Å². The number of rotatable bonds is 11. The molecule has 7 nitrogen and oxygen atoms in total. The smallest absolute Gasteiger partial charge is 0.317 e. The predicted octanol–water partition coefficient (Wildman–Crippen LogP) is 4.04. The number of Topliss-reactive ketones (excluding diaryl/α,β-unsaturated/α-hetero) is 1. The summed E-state index contributed by atoms with van der Waals surface area (Å²) in [5, 5.41) is 0.764. The maximum atomic E-state index is 13.4. The molecule has 2 atom stereocenters. The third-order valence-corrected chi connectivity index (χ3v) is 5.61. The van der Waals surface area contributed by atoms with Crippen molar-refractivity contribution in [2.45, 2.75) is 20.3 Å². The van der Waals surface area contributed by atoms with E-state index >= 15 is 0 Å². The highest BCUT2D eigenvalue weighted by atomic mass is 32.1. The van der Waals surface area contributed by atoms with Crippen molar-refractivity contribution in [1.29, 1.82) is 0 Å². The summed E-state index contributed by atoms with van der Waals surface area (Å²) in [5.41, 5.74) is 0. The van der Waals surface area contributed by atoms with E-state index in [1.165, 1.54) is 31.6 Å². The van der Waals surface area contributed by atoms with Crippen LogP contribution in [0.3, 0.4) is 0 Å². The number of ether oxygens (including phenoxy) is 4. The molecule has 0 N–H and O–H groups in total. The molecule has 0 saturated heterocycles. The van der Waals surface area contributed by atoms with Crippen molar-refractivity contribution in [3.63, 3.8) is 0 Å². The van der Waals surface area contributed by atoms with Gasteiger partial charge in [0.15, 0.2) is 17.3 Å². The van der Waals surface area contributed by atoms with Gasteiger partial charge in [-0.15, -0.1) is 17.9 Å². The first kappa shape index (κ1) is 23.4. The Balaban J connectivity index is 2.52. The first-order valence-electron chi connectivity index (χ1n) is 9.55. The lowest BCUT2D eigenvalue weighted by molar-refractivity contribution is -0.158. The zero-order valence-electron chi connectivity index (χ0n) is 17.6. The van der Waals surface area contributed by atoms with Crippen LogP contribution in [0.1, 0.15) is 29.9 Å². The summed E-state index contributed by atoms with van der Waals surface area (Å²) in [6.45, 7) is 7.17. The molecule has 2 rings (SSSR count). The van der Waals surface area contributed by atoms with Crippen molar-refractivity contribution in [1.82, 2.24) is 0 Å². The molecule has 0 amide bonds. The molecule has 8 heteroatoms. The van der Waals surface area contributed by atoms with Crippen LogP contribution < -0.4 is 9.47 Å². The highest BCUT2D eigenvalue weighted by molar-refractivity contribution is 7.20. The van der Waals surface area contributed by atoms with Crippen LogP contribution in [0, 0.1) is 11.8 Å². The van der Waals surface area contributed by atoms with Crippen LogP contribution in [-0.4, -0.2) is 45.2 Å². The van der Waals surface area contributed by atoms with Crippen molar-refractivity contribution in [3.8, 4) is 11.5 Å². The zero-order valence-corrected chi connectivity index (χ0v) is 18.4. The van der Waals surface area contributed by atoms with Crippen LogP contribution in [0.5, 0.6) is 11.5 Å². The molecule has 0 aliphatic heterocycles. The molecule has 2 aromatic rings. The first-order valence-corrected chi connectivity index (χ1v) is 10.4. The van der Waals surface area contributed by atoms with E-state index in [9.17, 15) is 14.4 Å². The number of carbonyl (C=O) groups excluding carboxylic acids is 3. The average Bonchev–Trinajstić information content (AvgIpc) is 3.15. The van der Waals surface area contributed by atoms with Gasteiger partial charge in [0.2, 0.25) is 0 Å². The molecule has 2 unspecified atom stereocenters. The molecule has 1 heterocycles. The molecular weight excluding hydrogens is 408 g/mol. The Kier molecular flexibility index (Phi) is 8.41. The monoisotopic (exact) mass is 434 g/mol. The van der Waals surface area contributed by atoms with Crippen molar-refractivity contribution in [2.24, 2.45) is 11.8 Å². The number of hydrogen-bond acceptors (Lipinski definition) is 8. The number of ketones is 1. The van der Waals surface area contributed by atoms with E-state index in [0.29, 0.717) is 16.4 Å². The standard InChI is InChI=1S/C22H26O7S/c1-6-9-14(21(24)28-7-2)19(22(25)29-8-3)20(23)18-11-13-10-15(26-4)16(27-5)12-17(13)30-18/h6,10-12,14,19H,1,7-9H2,2-5H3. The largest absolute Gasteiger partial charge is 0.493 e.